The lowest BCUT2D eigenvalue weighted by Gasteiger charge is -2.17. The highest BCUT2D eigenvalue weighted by atomic mass is 79.9. The van der Waals surface area contributed by atoms with Crippen LogP contribution in [0.1, 0.15) is 21.5 Å². The Morgan fingerprint density at radius 1 is 1.24 bits per heavy atom. The van der Waals surface area contributed by atoms with E-state index in [1.165, 1.54) is 5.56 Å². The number of rotatable bonds is 5. The summed E-state index contributed by atoms with van der Waals surface area (Å²) in [5.74, 6) is -0.0876. The van der Waals surface area contributed by atoms with E-state index in [1.54, 1.807) is 12.1 Å². The van der Waals surface area contributed by atoms with Crippen molar-refractivity contribution in [3.8, 4) is 0 Å². The minimum Gasteiger partial charge on any atom is -0.348 e. The molecule has 2 rings (SSSR count). The number of amides is 1. The fraction of sp³-hybridized carbons (Fsp3) is 0.235. The highest BCUT2D eigenvalue weighted by molar-refractivity contribution is 9.09. The number of nitrogens with one attached hydrogen (secondary N) is 1. The maximum absolute atomic E-state index is 12.4. The van der Waals surface area contributed by atoms with Crippen molar-refractivity contribution in [1.82, 2.24) is 5.32 Å². The van der Waals surface area contributed by atoms with Crippen LogP contribution in [0.25, 0.3) is 0 Å². The van der Waals surface area contributed by atoms with Crippen molar-refractivity contribution in [3.63, 3.8) is 0 Å². The van der Waals surface area contributed by atoms with Gasteiger partial charge in [-0.25, -0.2) is 0 Å². The molecule has 0 heterocycles. The van der Waals surface area contributed by atoms with E-state index in [1.807, 2.05) is 31.2 Å². The Balaban J connectivity index is 2.07. The first kappa shape index (κ1) is 16.1. The molecule has 0 spiro atoms. The average Bonchev–Trinajstić information content (AvgIpc) is 2.50. The SMILES string of the molecule is Cc1ccc(Cl)cc1C(=O)NC(CBr)Cc1ccccc1. The molecule has 0 aliphatic heterocycles. The zero-order valence-electron chi connectivity index (χ0n) is 11.8. The molecule has 1 N–H and O–H groups in total. The van der Waals surface area contributed by atoms with Crippen LogP contribution in [0.3, 0.4) is 0 Å². The maximum Gasteiger partial charge on any atom is 0.251 e. The Labute approximate surface area is 138 Å². The van der Waals surface area contributed by atoms with Crippen LogP contribution >= 0.6 is 27.5 Å². The standard InChI is InChI=1S/C17H17BrClNO/c1-12-7-8-14(19)10-16(12)17(21)20-15(11-18)9-13-5-3-2-4-6-13/h2-8,10,15H,9,11H2,1H3,(H,20,21). The van der Waals surface area contributed by atoms with Crippen LogP contribution in [-0.2, 0) is 6.42 Å². The van der Waals surface area contributed by atoms with E-state index in [4.69, 9.17) is 11.6 Å². The van der Waals surface area contributed by atoms with Gasteiger partial charge in [0.1, 0.15) is 0 Å². The second-order valence-electron chi connectivity index (χ2n) is 4.97. The molecule has 0 aromatic heterocycles. The Morgan fingerprint density at radius 3 is 2.62 bits per heavy atom. The van der Waals surface area contributed by atoms with Gasteiger partial charge in [0.15, 0.2) is 0 Å². The largest absolute Gasteiger partial charge is 0.348 e. The molecule has 0 aliphatic carbocycles. The normalized spacial score (nSPS) is 12.0. The van der Waals surface area contributed by atoms with E-state index in [9.17, 15) is 4.79 Å². The summed E-state index contributed by atoms with van der Waals surface area (Å²) >= 11 is 9.44. The van der Waals surface area contributed by atoms with Crippen LogP contribution in [0.2, 0.25) is 5.02 Å². The van der Waals surface area contributed by atoms with Crippen molar-refractivity contribution < 1.29 is 4.79 Å². The Morgan fingerprint density at radius 2 is 1.95 bits per heavy atom. The molecule has 0 saturated carbocycles. The Hall–Kier alpha value is -1.32. The molecule has 0 saturated heterocycles. The molecule has 0 bridgehead atoms. The summed E-state index contributed by atoms with van der Waals surface area (Å²) in [6.45, 7) is 1.91. The zero-order valence-corrected chi connectivity index (χ0v) is 14.1. The molecule has 21 heavy (non-hydrogen) atoms. The van der Waals surface area contributed by atoms with Gasteiger partial charge in [0.25, 0.3) is 5.91 Å². The smallest absolute Gasteiger partial charge is 0.251 e. The Kier molecular flexibility index (Phi) is 5.83. The molecule has 4 heteroatoms. The topological polar surface area (TPSA) is 29.1 Å². The summed E-state index contributed by atoms with van der Waals surface area (Å²) in [6, 6.07) is 15.5. The highest BCUT2D eigenvalue weighted by Gasteiger charge is 2.15. The summed E-state index contributed by atoms with van der Waals surface area (Å²) in [7, 11) is 0. The lowest BCUT2D eigenvalue weighted by Crippen LogP contribution is -2.38. The van der Waals surface area contributed by atoms with E-state index >= 15 is 0 Å². The van der Waals surface area contributed by atoms with Crippen molar-refractivity contribution in [2.75, 3.05) is 5.33 Å². The molecular formula is C17H17BrClNO. The molecule has 2 aromatic rings. The van der Waals surface area contributed by atoms with Gasteiger partial charge in [-0.2, -0.15) is 0 Å². The van der Waals surface area contributed by atoms with Crippen LogP contribution in [-0.4, -0.2) is 17.3 Å². The van der Waals surface area contributed by atoms with Gasteiger partial charge in [-0.15, -0.1) is 0 Å². The quantitative estimate of drug-likeness (QED) is 0.782. The number of hydrogen-bond donors (Lipinski definition) is 1. The summed E-state index contributed by atoms with van der Waals surface area (Å²) < 4.78 is 0. The number of benzene rings is 2. The maximum atomic E-state index is 12.4. The third-order valence-corrected chi connectivity index (χ3v) is 4.31. The highest BCUT2D eigenvalue weighted by Crippen LogP contribution is 2.16. The third kappa shape index (κ3) is 4.58. The molecular weight excluding hydrogens is 350 g/mol. The van der Waals surface area contributed by atoms with Crippen molar-refractivity contribution in [1.29, 1.82) is 0 Å². The number of halogens is 2. The first-order valence-electron chi connectivity index (χ1n) is 6.77. The fourth-order valence-electron chi connectivity index (χ4n) is 2.14. The summed E-state index contributed by atoms with van der Waals surface area (Å²) in [4.78, 5) is 12.4. The monoisotopic (exact) mass is 365 g/mol. The van der Waals surface area contributed by atoms with Crippen LogP contribution in [0.4, 0.5) is 0 Å². The number of carbonyl (C=O) groups excluding carboxylic acids is 1. The van der Waals surface area contributed by atoms with Gasteiger partial charge in [-0.3, -0.25) is 4.79 Å². The minimum atomic E-state index is -0.0876. The van der Waals surface area contributed by atoms with Crippen molar-refractivity contribution in [3.05, 3.63) is 70.2 Å². The van der Waals surface area contributed by atoms with Gasteiger partial charge in [-0.1, -0.05) is 63.9 Å². The average molecular weight is 367 g/mol. The van der Waals surface area contributed by atoms with Crippen LogP contribution in [0, 0.1) is 6.92 Å². The summed E-state index contributed by atoms with van der Waals surface area (Å²) in [6.07, 6.45) is 0.789. The van der Waals surface area contributed by atoms with Gasteiger partial charge in [0.2, 0.25) is 0 Å². The lowest BCUT2D eigenvalue weighted by molar-refractivity contribution is 0.0940. The van der Waals surface area contributed by atoms with Gasteiger partial charge in [-0.05, 0) is 36.6 Å². The van der Waals surface area contributed by atoms with Crippen LogP contribution in [0.5, 0.6) is 0 Å². The number of alkyl halides is 1. The van der Waals surface area contributed by atoms with E-state index in [0.29, 0.717) is 15.9 Å². The van der Waals surface area contributed by atoms with Crippen molar-refractivity contribution in [2.24, 2.45) is 0 Å². The van der Waals surface area contributed by atoms with Crippen molar-refractivity contribution in [2.45, 2.75) is 19.4 Å². The van der Waals surface area contributed by atoms with Gasteiger partial charge in [0.05, 0.1) is 0 Å². The Bertz CT molecular complexity index is 615. The van der Waals surface area contributed by atoms with Crippen molar-refractivity contribution >= 4 is 33.4 Å². The first-order valence-corrected chi connectivity index (χ1v) is 8.27. The third-order valence-electron chi connectivity index (χ3n) is 3.29. The van der Waals surface area contributed by atoms with Gasteiger partial charge >= 0.3 is 0 Å². The van der Waals surface area contributed by atoms with E-state index < -0.39 is 0 Å². The van der Waals surface area contributed by atoms with Gasteiger partial charge < -0.3 is 5.32 Å². The summed E-state index contributed by atoms with van der Waals surface area (Å²) in [5.41, 5.74) is 2.75. The molecule has 1 amide bonds. The molecule has 0 fully saturated rings. The van der Waals surface area contributed by atoms with Crippen LogP contribution < -0.4 is 5.32 Å². The molecule has 2 nitrogen and oxygen atoms in total. The minimum absolute atomic E-state index is 0.0401. The van der Waals surface area contributed by atoms with E-state index in [2.05, 4.69) is 33.4 Å². The molecule has 0 radical (unpaired) electrons. The molecule has 1 unspecified atom stereocenters. The summed E-state index contributed by atoms with van der Waals surface area (Å²) in [5, 5.41) is 4.33. The first-order chi connectivity index (χ1) is 10.1. The number of carbonyl (C=O) groups is 1. The fourth-order valence-corrected chi connectivity index (χ4v) is 2.71. The number of aryl methyl sites for hydroxylation is 1. The predicted molar refractivity (Wildman–Crippen MR) is 91.4 cm³/mol. The van der Waals surface area contributed by atoms with E-state index in [-0.39, 0.29) is 11.9 Å². The predicted octanol–water partition coefficient (Wildman–Crippen LogP) is 4.38. The van der Waals surface area contributed by atoms with E-state index in [0.717, 1.165) is 12.0 Å². The molecule has 2 aromatic carbocycles. The lowest BCUT2D eigenvalue weighted by atomic mass is 10.1. The molecule has 110 valence electrons. The molecule has 1 atom stereocenters. The zero-order chi connectivity index (χ0) is 15.2. The second-order valence-corrected chi connectivity index (χ2v) is 6.06. The second kappa shape index (κ2) is 7.62. The van der Waals surface area contributed by atoms with Crippen LogP contribution in [0.15, 0.2) is 48.5 Å². The van der Waals surface area contributed by atoms with Gasteiger partial charge in [0, 0.05) is 22.0 Å². The number of hydrogen-bond acceptors (Lipinski definition) is 1. The molecule has 0 aliphatic rings.